The van der Waals surface area contributed by atoms with Crippen molar-refractivity contribution in [1.82, 2.24) is 24.6 Å². The second-order valence-corrected chi connectivity index (χ2v) is 11.2. The van der Waals surface area contributed by atoms with Crippen LogP contribution in [0.3, 0.4) is 0 Å². The summed E-state index contributed by atoms with van der Waals surface area (Å²) in [6.45, 7) is 0.988. The van der Waals surface area contributed by atoms with E-state index in [9.17, 15) is 10.1 Å². The lowest BCUT2D eigenvalue weighted by Gasteiger charge is -2.32. The first-order chi connectivity index (χ1) is 20.4. The zero-order chi connectivity index (χ0) is 29.4. The summed E-state index contributed by atoms with van der Waals surface area (Å²) in [5.41, 5.74) is 8.45. The summed E-state index contributed by atoms with van der Waals surface area (Å²) < 4.78 is 13.5. The van der Waals surface area contributed by atoms with Crippen molar-refractivity contribution < 1.29 is 14.3 Å². The van der Waals surface area contributed by atoms with Crippen molar-refractivity contribution in [1.29, 1.82) is 5.26 Å². The number of likely N-dealkylation sites (tertiary alicyclic amines) is 1. The molecule has 1 amide bonds. The topological polar surface area (TPSA) is 132 Å². The molecular weight excluding hydrogens is 577 g/mol. The minimum Gasteiger partial charge on any atom is -0.493 e. The van der Waals surface area contributed by atoms with Crippen LogP contribution in [-0.2, 0) is 4.79 Å². The first kappa shape index (κ1) is 27.8. The molecule has 2 N–H and O–H groups in total. The Morgan fingerprint density at radius 1 is 1.12 bits per heavy atom. The zero-order valence-corrected chi connectivity index (χ0v) is 24.3. The van der Waals surface area contributed by atoms with E-state index in [1.807, 2.05) is 22.9 Å². The van der Waals surface area contributed by atoms with Gasteiger partial charge in [-0.25, -0.2) is 14.6 Å². The molecule has 4 aromatic rings. The normalized spacial score (nSPS) is 17.2. The molecule has 3 heterocycles. The van der Waals surface area contributed by atoms with E-state index in [1.54, 1.807) is 36.3 Å². The Morgan fingerprint density at radius 2 is 1.95 bits per heavy atom. The fourth-order valence-electron chi connectivity index (χ4n) is 5.18. The van der Waals surface area contributed by atoms with E-state index < -0.39 is 0 Å². The molecule has 10 nitrogen and oxygen atoms in total. The number of benzene rings is 2. The van der Waals surface area contributed by atoms with Crippen LogP contribution in [0.15, 0.2) is 54.4 Å². The molecule has 6 rings (SSSR count). The second-order valence-electron chi connectivity index (χ2n) is 10.4. The molecule has 1 saturated heterocycles. The number of piperidine rings is 1. The summed E-state index contributed by atoms with van der Waals surface area (Å²) in [6.07, 6.45) is 6.83. The maximum absolute atomic E-state index is 13.2. The Labute approximate surface area is 252 Å². The van der Waals surface area contributed by atoms with Gasteiger partial charge in [-0.3, -0.25) is 4.79 Å². The summed E-state index contributed by atoms with van der Waals surface area (Å²) in [5.74, 6) is 1.84. The average molecular weight is 604 g/mol. The van der Waals surface area contributed by atoms with Gasteiger partial charge in [0.25, 0.3) is 5.91 Å². The largest absolute Gasteiger partial charge is 0.493 e. The number of fused-ring (bicyclic) bond motifs is 1. The summed E-state index contributed by atoms with van der Waals surface area (Å²) in [4.78, 5) is 23.7. The van der Waals surface area contributed by atoms with E-state index in [4.69, 9.17) is 43.5 Å². The molecule has 2 aromatic heterocycles. The van der Waals surface area contributed by atoms with Gasteiger partial charge in [-0.2, -0.15) is 10.4 Å². The van der Waals surface area contributed by atoms with Gasteiger partial charge in [0, 0.05) is 24.7 Å². The Bertz CT molecular complexity index is 1760. The molecule has 2 aromatic carbocycles. The first-order valence-corrected chi connectivity index (χ1v) is 14.3. The molecule has 0 spiro atoms. The summed E-state index contributed by atoms with van der Waals surface area (Å²) in [5, 5.41) is 16.0. The second kappa shape index (κ2) is 11.5. The number of carbonyl (C=O) groups excluding carboxylic acids is 1. The van der Waals surface area contributed by atoms with Gasteiger partial charge in [0.1, 0.15) is 35.2 Å². The van der Waals surface area contributed by atoms with Gasteiger partial charge in [0.05, 0.1) is 28.6 Å². The van der Waals surface area contributed by atoms with Crippen molar-refractivity contribution in [2.24, 2.45) is 5.92 Å². The number of hydrogen-bond donors (Lipinski definition) is 1. The minimum absolute atomic E-state index is 0.159. The predicted octanol–water partition coefficient (Wildman–Crippen LogP) is 6.21. The maximum atomic E-state index is 13.2. The summed E-state index contributed by atoms with van der Waals surface area (Å²) in [6, 6.07) is 12.4. The third kappa shape index (κ3) is 5.45. The number of nitrogens with two attached hydrogens (primary N) is 1. The predicted molar refractivity (Wildman–Crippen MR) is 160 cm³/mol. The molecule has 1 saturated carbocycles. The number of rotatable bonds is 7. The van der Waals surface area contributed by atoms with Gasteiger partial charge < -0.3 is 20.1 Å². The number of halogens is 2. The van der Waals surface area contributed by atoms with E-state index in [1.165, 1.54) is 6.33 Å². The van der Waals surface area contributed by atoms with Crippen molar-refractivity contribution in [3.05, 3.63) is 64.4 Å². The number of nitrogen functional groups attached to an aromatic ring is 1. The molecule has 0 radical (unpaired) electrons. The highest BCUT2D eigenvalue weighted by molar-refractivity contribution is 6.42. The standard InChI is InChI=1S/C30H27Cl2N7O3/c1-41-25-12-18(6-9-24(25)42-21-7-8-22(31)23(32)13-21)27-26-28(34)35-16-36-29(26)39(37-27)20-3-2-10-38(15-20)30(40)19(14-33)11-17-4-5-17/h6-9,11-13,16-17,20H,2-5,10,15H2,1H3,(H2,34,35,36)/t20-/m1/s1. The highest BCUT2D eigenvalue weighted by Crippen LogP contribution is 2.40. The van der Waals surface area contributed by atoms with Crippen molar-refractivity contribution in [2.45, 2.75) is 31.7 Å². The minimum atomic E-state index is -0.234. The smallest absolute Gasteiger partial charge is 0.264 e. The zero-order valence-electron chi connectivity index (χ0n) is 22.8. The molecule has 2 aliphatic rings. The molecule has 12 heteroatoms. The van der Waals surface area contributed by atoms with Crippen LogP contribution < -0.4 is 15.2 Å². The Kier molecular flexibility index (Phi) is 7.62. The van der Waals surface area contributed by atoms with Gasteiger partial charge in [-0.05, 0) is 61.9 Å². The third-order valence-corrected chi connectivity index (χ3v) is 8.22. The number of hydrogen-bond acceptors (Lipinski definition) is 8. The van der Waals surface area contributed by atoms with Gasteiger partial charge in [-0.15, -0.1) is 0 Å². The van der Waals surface area contributed by atoms with Crippen LogP contribution in [0.5, 0.6) is 17.2 Å². The van der Waals surface area contributed by atoms with Crippen LogP contribution in [0.25, 0.3) is 22.3 Å². The van der Waals surface area contributed by atoms with Crippen LogP contribution in [0.4, 0.5) is 5.82 Å². The van der Waals surface area contributed by atoms with Gasteiger partial charge in [0.2, 0.25) is 0 Å². The Hall–Kier alpha value is -4.33. The van der Waals surface area contributed by atoms with Crippen LogP contribution in [0, 0.1) is 17.2 Å². The number of aromatic nitrogens is 4. The molecule has 1 aliphatic carbocycles. The summed E-state index contributed by atoms with van der Waals surface area (Å²) >= 11 is 12.2. The SMILES string of the molecule is COc1cc(-c2nn([C@@H]3CCCN(C(=O)C(C#N)=CC4CC4)C3)c3ncnc(N)c23)ccc1Oc1ccc(Cl)c(Cl)c1. The van der Waals surface area contributed by atoms with Crippen molar-refractivity contribution in [2.75, 3.05) is 25.9 Å². The molecule has 0 unspecified atom stereocenters. The quantitative estimate of drug-likeness (QED) is 0.195. The molecule has 0 bridgehead atoms. The lowest BCUT2D eigenvalue weighted by molar-refractivity contribution is -0.128. The Morgan fingerprint density at radius 3 is 2.69 bits per heavy atom. The first-order valence-electron chi connectivity index (χ1n) is 13.6. The molecule has 1 aliphatic heterocycles. The number of carbonyl (C=O) groups is 1. The number of anilines is 1. The molecule has 2 fully saturated rings. The van der Waals surface area contributed by atoms with E-state index in [2.05, 4.69) is 16.0 Å². The van der Waals surface area contributed by atoms with Crippen LogP contribution in [0.2, 0.25) is 10.0 Å². The maximum Gasteiger partial charge on any atom is 0.264 e. The lowest BCUT2D eigenvalue weighted by Crippen LogP contribution is -2.41. The number of amides is 1. The molecular formula is C30H27Cl2N7O3. The third-order valence-electron chi connectivity index (χ3n) is 7.48. The van der Waals surface area contributed by atoms with E-state index in [0.29, 0.717) is 68.8 Å². The Balaban J connectivity index is 1.33. The highest BCUT2D eigenvalue weighted by atomic mass is 35.5. The molecule has 214 valence electrons. The number of allylic oxidation sites excluding steroid dienone is 1. The highest BCUT2D eigenvalue weighted by Gasteiger charge is 2.31. The summed E-state index contributed by atoms with van der Waals surface area (Å²) in [7, 11) is 1.55. The number of nitrogens with zero attached hydrogens (tertiary/aromatic N) is 6. The van der Waals surface area contributed by atoms with Crippen molar-refractivity contribution >= 4 is 46.0 Å². The fourth-order valence-corrected chi connectivity index (χ4v) is 5.47. The van der Waals surface area contributed by atoms with Crippen LogP contribution in [0.1, 0.15) is 31.7 Å². The number of methoxy groups -OCH3 is 1. The van der Waals surface area contributed by atoms with E-state index in [0.717, 1.165) is 31.2 Å². The van der Waals surface area contributed by atoms with Gasteiger partial charge in [0.15, 0.2) is 17.1 Å². The fraction of sp³-hybridized carbons (Fsp3) is 0.300. The van der Waals surface area contributed by atoms with E-state index >= 15 is 0 Å². The van der Waals surface area contributed by atoms with Crippen molar-refractivity contribution in [3.8, 4) is 34.6 Å². The van der Waals surface area contributed by atoms with Crippen LogP contribution in [-0.4, -0.2) is 50.8 Å². The molecule has 1 atom stereocenters. The number of ether oxygens (including phenoxy) is 2. The number of nitriles is 1. The lowest BCUT2D eigenvalue weighted by atomic mass is 10.0. The van der Waals surface area contributed by atoms with Crippen molar-refractivity contribution in [3.63, 3.8) is 0 Å². The monoisotopic (exact) mass is 603 g/mol. The molecule has 42 heavy (non-hydrogen) atoms. The average Bonchev–Trinajstić information content (AvgIpc) is 3.74. The van der Waals surface area contributed by atoms with Crippen LogP contribution >= 0.6 is 23.2 Å². The van der Waals surface area contributed by atoms with Gasteiger partial charge >= 0.3 is 0 Å². The van der Waals surface area contributed by atoms with Gasteiger partial charge in [-0.1, -0.05) is 29.3 Å². The van der Waals surface area contributed by atoms with E-state index in [-0.39, 0.29) is 17.5 Å².